The molecule has 0 saturated carbocycles. The number of carboxylic acid groups (broad SMARTS) is 1. The van der Waals surface area contributed by atoms with Crippen LogP contribution in [0.5, 0.6) is 46.0 Å². The van der Waals surface area contributed by atoms with E-state index in [1.54, 1.807) is 0 Å². The number of aliphatic hydroxyl groups is 6. The van der Waals surface area contributed by atoms with Crippen molar-refractivity contribution in [2.75, 3.05) is 14.1 Å². The Morgan fingerprint density at radius 3 is 1.79 bits per heavy atom. The lowest BCUT2D eigenvalue weighted by molar-refractivity contribution is -0.386. The molecule has 0 bridgehead atoms. The minimum atomic E-state index is -4.39. The normalized spacial score (nSPS) is 16.7. The number of benzene rings is 2. The van der Waals surface area contributed by atoms with E-state index >= 15 is 0 Å². The molecule has 214 valence electrons. The molecule has 14 N–H and O–H groups in total. The average Bonchev–Trinajstić information content (AvgIpc) is 2.93. The minimum Gasteiger partial charge on any atom is -0.507 e. The first-order valence-electron chi connectivity index (χ1n) is 10.4. The highest BCUT2D eigenvalue weighted by atomic mass is 16.8. The number of aromatic hydroxyl groups is 7. The fourth-order valence-corrected chi connectivity index (χ4v) is 4.06. The summed E-state index contributed by atoms with van der Waals surface area (Å²) in [6, 6.07) is 0. The summed E-state index contributed by atoms with van der Waals surface area (Å²) in [7, 11) is 1.66. The summed E-state index contributed by atoms with van der Waals surface area (Å²) in [5.74, 6) is -32.2. The molecule has 2 aromatic carbocycles. The molecule has 0 spiro atoms. The third-order valence-electron chi connectivity index (χ3n) is 6.12. The van der Waals surface area contributed by atoms with Crippen LogP contribution in [0.2, 0.25) is 0 Å². The third-order valence-corrected chi connectivity index (χ3v) is 6.12. The van der Waals surface area contributed by atoms with Gasteiger partial charge in [0.2, 0.25) is 23.0 Å². The Kier molecular flexibility index (Phi) is 6.66. The van der Waals surface area contributed by atoms with Crippen molar-refractivity contribution in [3.8, 4) is 46.0 Å². The molecule has 2 aromatic rings. The van der Waals surface area contributed by atoms with Crippen molar-refractivity contribution in [3.05, 3.63) is 22.3 Å². The summed E-state index contributed by atoms with van der Waals surface area (Å²) in [6.45, 7) is 0. The van der Waals surface area contributed by atoms with E-state index in [4.69, 9.17) is 9.84 Å². The van der Waals surface area contributed by atoms with E-state index < -0.39 is 110 Å². The van der Waals surface area contributed by atoms with E-state index in [9.17, 15) is 76.0 Å². The lowest BCUT2D eigenvalue weighted by Gasteiger charge is -2.39. The van der Waals surface area contributed by atoms with Gasteiger partial charge in [-0.25, -0.2) is 0 Å². The van der Waals surface area contributed by atoms with Gasteiger partial charge < -0.3 is 76.2 Å². The zero-order valence-corrected chi connectivity index (χ0v) is 19.7. The maximum atomic E-state index is 13.6. The summed E-state index contributed by atoms with van der Waals surface area (Å²) in [5, 5.41) is 145. The topological polar surface area (TPSA) is 330 Å². The van der Waals surface area contributed by atoms with Gasteiger partial charge in [-0.1, -0.05) is 0 Å². The smallest absolute Gasteiger partial charge is 0.355 e. The van der Waals surface area contributed by atoms with Crippen LogP contribution in [-0.2, 0) is 22.0 Å². The summed E-state index contributed by atoms with van der Waals surface area (Å²) in [6.07, 6.45) is -1.31. The van der Waals surface area contributed by atoms with Gasteiger partial charge in [-0.3, -0.25) is 14.5 Å². The predicted octanol–water partition coefficient (Wildman–Crippen LogP) is -3.68. The first kappa shape index (κ1) is 29.3. The van der Waals surface area contributed by atoms with Crippen molar-refractivity contribution in [1.82, 2.24) is 4.90 Å². The number of ether oxygens (including phenoxy) is 1. The molecule has 3 rings (SSSR count). The number of likely N-dealkylation sites (N-methyl/N-ethyl adjacent to an activating group) is 1. The summed E-state index contributed by atoms with van der Waals surface area (Å²) in [5.41, 5.74) is -5.55. The van der Waals surface area contributed by atoms with Gasteiger partial charge in [-0.05, 0) is 14.1 Å². The average molecular weight is 561 g/mol. The Labute approximate surface area is 215 Å². The molecule has 0 saturated heterocycles. The summed E-state index contributed by atoms with van der Waals surface area (Å²) in [4.78, 5) is 25.2. The van der Waals surface area contributed by atoms with E-state index in [1.807, 2.05) is 0 Å². The van der Waals surface area contributed by atoms with E-state index in [0.29, 0.717) is 0 Å². The molecule has 1 heterocycles. The van der Waals surface area contributed by atoms with Crippen LogP contribution in [0.4, 0.5) is 0 Å². The second kappa shape index (κ2) is 8.88. The molecule has 1 aliphatic rings. The van der Waals surface area contributed by atoms with Crippen LogP contribution in [-0.4, -0.2) is 114 Å². The zero-order chi connectivity index (χ0) is 30.2. The quantitative estimate of drug-likeness (QED) is 0.0916. The minimum absolute atomic E-state index is 0.276. The van der Waals surface area contributed by atoms with Gasteiger partial charge in [0.25, 0.3) is 11.7 Å². The number of nitrogens with zero attached hydrogens (tertiary/aromatic N) is 1. The lowest BCUT2D eigenvalue weighted by Crippen LogP contribution is -2.67. The predicted molar refractivity (Wildman–Crippen MR) is 117 cm³/mol. The van der Waals surface area contributed by atoms with Crippen LogP contribution in [0.15, 0.2) is 0 Å². The molecule has 1 unspecified atom stereocenters. The second-order valence-electron chi connectivity index (χ2n) is 8.73. The van der Waals surface area contributed by atoms with Crippen LogP contribution in [0.3, 0.4) is 0 Å². The van der Waals surface area contributed by atoms with Crippen molar-refractivity contribution in [2.24, 2.45) is 0 Å². The maximum Gasteiger partial charge on any atom is 0.355 e. The van der Waals surface area contributed by atoms with Gasteiger partial charge in [0.15, 0.2) is 23.0 Å². The Hall–Kier alpha value is -4.30. The summed E-state index contributed by atoms with van der Waals surface area (Å²) >= 11 is 0. The number of phenols is 7. The molecule has 18 nitrogen and oxygen atoms in total. The van der Waals surface area contributed by atoms with Crippen LogP contribution in [0.1, 0.15) is 28.2 Å². The van der Waals surface area contributed by atoms with Gasteiger partial charge in [-0.2, -0.15) is 0 Å². The highest BCUT2D eigenvalue weighted by Crippen LogP contribution is 2.61. The molecule has 18 heteroatoms. The van der Waals surface area contributed by atoms with Crippen molar-refractivity contribution in [2.45, 2.75) is 30.0 Å². The van der Waals surface area contributed by atoms with E-state index in [2.05, 4.69) is 0 Å². The molecule has 0 aliphatic carbocycles. The van der Waals surface area contributed by atoms with Gasteiger partial charge >= 0.3 is 11.9 Å². The SMILES string of the molecule is CN(C)C(O)(O)C(O)(O)C(=O)C1c2c(O)c(CC(=O)O)c(O)c(O)c2OC(O)(O)c2c(O)c(O)c(O)c(O)c21. The Bertz CT molecular complexity index is 1390. The molecule has 1 aliphatic heterocycles. The number of hydrogen-bond donors (Lipinski definition) is 14. The largest absolute Gasteiger partial charge is 0.507 e. The lowest BCUT2D eigenvalue weighted by atomic mass is 9.78. The van der Waals surface area contributed by atoms with Gasteiger partial charge in [0, 0.05) is 5.56 Å². The van der Waals surface area contributed by atoms with Crippen molar-refractivity contribution in [3.63, 3.8) is 0 Å². The van der Waals surface area contributed by atoms with E-state index in [0.717, 1.165) is 14.1 Å². The van der Waals surface area contributed by atoms with Crippen molar-refractivity contribution in [1.29, 1.82) is 0 Å². The second-order valence-corrected chi connectivity index (χ2v) is 8.73. The Morgan fingerprint density at radius 2 is 1.31 bits per heavy atom. The highest BCUT2D eigenvalue weighted by molar-refractivity contribution is 5.99. The molecule has 1 atom stereocenters. The molecular formula is C21H23NO17. The number of aliphatic carboxylic acids is 1. The number of carboxylic acids is 1. The van der Waals surface area contributed by atoms with Crippen molar-refractivity contribution < 1.29 is 85.8 Å². The standard InChI is InChI=1S/C21H23NO17/c1-22(2)21(37,38)19(33,34)18(32)6-7-9(13(28)15(30)14(29)12(7)27)20(35,36)39-17-8(6)10(25)4(3-5(23)24)11(26)16(17)31/h6,25-31,33-38H,3H2,1-2H3,(H,23,24). The number of fused-ring (bicyclic) bond motifs is 2. The first-order valence-corrected chi connectivity index (χ1v) is 10.4. The van der Waals surface area contributed by atoms with Gasteiger partial charge in [0.1, 0.15) is 11.3 Å². The number of Topliss-reactive ketones (excluding diaryl/α,β-unsaturated/α-hetero) is 1. The number of hydrogen-bond acceptors (Lipinski definition) is 17. The van der Waals surface area contributed by atoms with Crippen LogP contribution < -0.4 is 4.74 Å². The maximum absolute atomic E-state index is 13.6. The zero-order valence-electron chi connectivity index (χ0n) is 19.7. The van der Waals surface area contributed by atoms with Crippen LogP contribution in [0.25, 0.3) is 0 Å². The fourth-order valence-electron chi connectivity index (χ4n) is 4.06. The number of carbonyl (C=O) groups excluding carboxylic acids is 1. The Morgan fingerprint density at radius 1 is 0.795 bits per heavy atom. The van der Waals surface area contributed by atoms with Crippen LogP contribution in [0, 0.1) is 0 Å². The molecule has 0 fully saturated rings. The van der Waals surface area contributed by atoms with E-state index in [1.165, 1.54) is 0 Å². The summed E-state index contributed by atoms with van der Waals surface area (Å²) < 4.78 is 4.76. The molecule has 0 amide bonds. The third kappa shape index (κ3) is 4.03. The number of phenolic OH excluding ortho intramolecular Hbond substituents is 7. The van der Waals surface area contributed by atoms with Gasteiger partial charge in [0.05, 0.1) is 23.5 Å². The Balaban J connectivity index is 2.65. The highest BCUT2D eigenvalue weighted by Gasteiger charge is 2.61. The molecular weight excluding hydrogens is 538 g/mol. The molecule has 0 radical (unpaired) electrons. The number of carbonyl (C=O) groups is 2. The molecule has 0 aromatic heterocycles. The number of ketones is 1. The number of rotatable bonds is 6. The monoisotopic (exact) mass is 561 g/mol. The fraction of sp³-hybridized carbons (Fsp3) is 0.333. The first-order chi connectivity index (χ1) is 17.6. The van der Waals surface area contributed by atoms with Crippen LogP contribution >= 0.6 is 0 Å². The van der Waals surface area contributed by atoms with Gasteiger partial charge in [-0.15, -0.1) is 0 Å². The van der Waals surface area contributed by atoms with Crippen molar-refractivity contribution >= 4 is 11.8 Å². The van der Waals surface area contributed by atoms with E-state index in [-0.39, 0.29) is 4.90 Å². The molecule has 39 heavy (non-hydrogen) atoms.